The van der Waals surface area contributed by atoms with Gasteiger partial charge in [0.1, 0.15) is 13.2 Å². The Balaban J connectivity index is 4.29. The number of ether oxygens (including phenoxy) is 3. The van der Waals surface area contributed by atoms with Gasteiger partial charge in [0.05, 0.1) is 0 Å². The quantitative estimate of drug-likeness (QED) is 0.0262. The number of hydrogen-bond acceptors (Lipinski definition) is 6. The average Bonchev–Trinajstić information content (AvgIpc) is 3.30. The highest BCUT2D eigenvalue weighted by Crippen LogP contribution is 2.17. The maximum atomic E-state index is 12.8. The lowest BCUT2D eigenvalue weighted by Crippen LogP contribution is -2.30. The molecule has 0 N–H and O–H groups in total. The van der Waals surface area contributed by atoms with Crippen LogP contribution in [0.4, 0.5) is 0 Å². The smallest absolute Gasteiger partial charge is 0.306 e. The minimum Gasteiger partial charge on any atom is -0.462 e. The molecule has 65 heavy (non-hydrogen) atoms. The van der Waals surface area contributed by atoms with E-state index in [9.17, 15) is 14.4 Å². The second-order valence-corrected chi connectivity index (χ2v) is 19.6. The summed E-state index contributed by atoms with van der Waals surface area (Å²) < 4.78 is 16.9. The van der Waals surface area contributed by atoms with Crippen molar-refractivity contribution in [2.75, 3.05) is 13.2 Å². The van der Waals surface area contributed by atoms with Crippen LogP contribution >= 0.6 is 0 Å². The van der Waals surface area contributed by atoms with Crippen molar-refractivity contribution < 1.29 is 28.6 Å². The lowest BCUT2D eigenvalue weighted by Gasteiger charge is -2.18. The van der Waals surface area contributed by atoms with Crippen LogP contribution in [0.25, 0.3) is 0 Å². The molecule has 0 rings (SSSR count). The molecule has 0 fully saturated rings. The third-order valence-electron chi connectivity index (χ3n) is 13.0. The minimum atomic E-state index is -0.768. The van der Waals surface area contributed by atoms with Gasteiger partial charge < -0.3 is 14.2 Å². The fourth-order valence-corrected chi connectivity index (χ4v) is 8.59. The van der Waals surface area contributed by atoms with E-state index in [0.29, 0.717) is 19.3 Å². The molecule has 0 amide bonds. The van der Waals surface area contributed by atoms with E-state index in [1.165, 1.54) is 212 Å². The summed E-state index contributed by atoms with van der Waals surface area (Å²) in [7, 11) is 0. The van der Waals surface area contributed by atoms with Crippen molar-refractivity contribution in [3.05, 3.63) is 24.3 Å². The van der Waals surface area contributed by atoms with E-state index < -0.39 is 6.10 Å². The van der Waals surface area contributed by atoms with Crippen LogP contribution in [-0.4, -0.2) is 37.2 Å². The summed E-state index contributed by atoms with van der Waals surface area (Å²) in [6.07, 6.45) is 63.1. The summed E-state index contributed by atoms with van der Waals surface area (Å²) in [6.45, 7) is 6.65. The minimum absolute atomic E-state index is 0.0674. The van der Waals surface area contributed by atoms with Crippen molar-refractivity contribution in [1.82, 2.24) is 0 Å². The summed E-state index contributed by atoms with van der Waals surface area (Å²) >= 11 is 0. The molecule has 0 unspecified atom stereocenters. The van der Waals surface area contributed by atoms with Gasteiger partial charge in [-0.15, -0.1) is 0 Å². The van der Waals surface area contributed by atoms with Gasteiger partial charge in [0.15, 0.2) is 6.10 Å². The van der Waals surface area contributed by atoms with E-state index in [0.717, 1.165) is 64.2 Å². The molecule has 0 aliphatic heterocycles. The first kappa shape index (κ1) is 62.9. The molecule has 6 heteroatoms. The Bertz CT molecular complexity index is 1050. The van der Waals surface area contributed by atoms with Gasteiger partial charge in [0.25, 0.3) is 0 Å². The number of rotatable bonds is 53. The standard InChI is InChI=1S/C59H110O6/c1-4-7-10-13-16-19-22-24-26-28-29-31-33-35-38-41-44-47-50-53-59(62)65-56(54-63-57(60)51-48-45-42-39-36-21-18-15-12-9-6-3)55-64-58(61)52-49-46-43-40-37-34-32-30-27-25-23-20-17-14-11-8-5-2/h16,19,24,26,56H,4-15,17-18,20-23,25,27-55H2,1-3H3/b19-16-,26-24-/t56-/m0/s1. The highest BCUT2D eigenvalue weighted by atomic mass is 16.6. The van der Waals surface area contributed by atoms with E-state index >= 15 is 0 Å². The molecule has 0 aliphatic rings. The lowest BCUT2D eigenvalue weighted by atomic mass is 10.0. The molecular weight excluding hydrogens is 805 g/mol. The van der Waals surface area contributed by atoms with E-state index in [4.69, 9.17) is 14.2 Å². The molecule has 0 aromatic heterocycles. The first-order valence-corrected chi connectivity index (χ1v) is 28.8. The van der Waals surface area contributed by atoms with E-state index in [-0.39, 0.29) is 31.1 Å². The summed E-state index contributed by atoms with van der Waals surface area (Å²) in [5.74, 6) is -0.852. The van der Waals surface area contributed by atoms with Crippen molar-refractivity contribution in [1.29, 1.82) is 0 Å². The first-order valence-electron chi connectivity index (χ1n) is 28.8. The van der Waals surface area contributed by atoms with Crippen LogP contribution in [-0.2, 0) is 28.6 Å². The fourth-order valence-electron chi connectivity index (χ4n) is 8.59. The number of unbranched alkanes of at least 4 members (excludes halogenated alkanes) is 38. The Hall–Kier alpha value is -2.11. The Labute approximate surface area is 404 Å². The Morgan fingerprint density at radius 2 is 0.554 bits per heavy atom. The SMILES string of the molecule is CCCCC/C=C\C/C=C\CCCCCCCCCCCC(=O)O[C@@H](COC(=O)CCCCCCCCCCCCC)COC(=O)CCCCCCCCCCCCCCCCCCC. The van der Waals surface area contributed by atoms with Crippen molar-refractivity contribution in [2.24, 2.45) is 0 Å². The summed E-state index contributed by atoms with van der Waals surface area (Å²) in [5, 5.41) is 0. The van der Waals surface area contributed by atoms with E-state index in [1.807, 2.05) is 0 Å². The molecule has 1 atom stereocenters. The largest absolute Gasteiger partial charge is 0.462 e. The zero-order chi connectivity index (χ0) is 47.2. The summed E-state index contributed by atoms with van der Waals surface area (Å²) in [6, 6.07) is 0. The van der Waals surface area contributed by atoms with Gasteiger partial charge in [0, 0.05) is 19.3 Å². The van der Waals surface area contributed by atoms with Gasteiger partial charge in [-0.2, -0.15) is 0 Å². The van der Waals surface area contributed by atoms with E-state index in [2.05, 4.69) is 45.1 Å². The molecule has 0 aliphatic carbocycles. The number of carbonyl (C=O) groups excluding carboxylic acids is 3. The van der Waals surface area contributed by atoms with Crippen LogP contribution in [0.15, 0.2) is 24.3 Å². The van der Waals surface area contributed by atoms with Crippen LogP contribution in [0, 0.1) is 0 Å². The van der Waals surface area contributed by atoms with Crippen LogP contribution < -0.4 is 0 Å². The van der Waals surface area contributed by atoms with Crippen molar-refractivity contribution in [2.45, 2.75) is 322 Å². The lowest BCUT2D eigenvalue weighted by molar-refractivity contribution is -0.167. The predicted octanol–water partition coefficient (Wildman–Crippen LogP) is 19.1. The maximum Gasteiger partial charge on any atom is 0.306 e. The average molecular weight is 916 g/mol. The predicted molar refractivity (Wildman–Crippen MR) is 279 cm³/mol. The monoisotopic (exact) mass is 915 g/mol. The fraction of sp³-hybridized carbons (Fsp3) is 0.881. The summed E-state index contributed by atoms with van der Waals surface area (Å²) in [4.78, 5) is 38.1. The summed E-state index contributed by atoms with van der Waals surface area (Å²) in [5.41, 5.74) is 0. The van der Waals surface area contributed by atoms with Gasteiger partial charge >= 0.3 is 17.9 Å². The molecule has 382 valence electrons. The highest BCUT2D eigenvalue weighted by Gasteiger charge is 2.19. The number of carbonyl (C=O) groups is 3. The number of esters is 3. The van der Waals surface area contributed by atoms with Gasteiger partial charge in [0.2, 0.25) is 0 Å². The van der Waals surface area contributed by atoms with Crippen LogP contribution in [0.5, 0.6) is 0 Å². The normalized spacial score (nSPS) is 12.1. The molecule has 0 spiro atoms. The van der Waals surface area contributed by atoms with Gasteiger partial charge in [-0.1, -0.05) is 270 Å². The zero-order valence-corrected chi connectivity index (χ0v) is 43.8. The van der Waals surface area contributed by atoms with Crippen LogP contribution in [0.2, 0.25) is 0 Å². The van der Waals surface area contributed by atoms with Crippen LogP contribution in [0.3, 0.4) is 0 Å². The molecule has 6 nitrogen and oxygen atoms in total. The molecule has 0 saturated carbocycles. The zero-order valence-electron chi connectivity index (χ0n) is 43.8. The second kappa shape index (κ2) is 54.5. The van der Waals surface area contributed by atoms with Crippen molar-refractivity contribution in [3.8, 4) is 0 Å². The topological polar surface area (TPSA) is 78.9 Å². The molecule has 0 radical (unpaired) electrons. The molecular formula is C59H110O6. The Kier molecular flexibility index (Phi) is 52.7. The van der Waals surface area contributed by atoms with Crippen molar-refractivity contribution >= 4 is 17.9 Å². The number of allylic oxidation sites excluding steroid dienone is 4. The maximum absolute atomic E-state index is 12.8. The molecule has 0 saturated heterocycles. The highest BCUT2D eigenvalue weighted by molar-refractivity contribution is 5.71. The number of hydrogen-bond donors (Lipinski definition) is 0. The molecule has 0 aromatic rings. The Morgan fingerprint density at radius 3 is 0.877 bits per heavy atom. The Morgan fingerprint density at radius 1 is 0.308 bits per heavy atom. The molecule has 0 heterocycles. The van der Waals surface area contributed by atoms with Gasteiger partial charge in [-0.25, -0.2) is 0 Å². The first-order chi connectivity index (χ1) is 32.0. The third-order valence-corrected chi connectivity index (χ3v) is 13.0. The van der Waals surface area contributed by atoms with Gasteiger partial charge in [-0.3, -0.25) is 14.4 Å². The molecule has 0 bridgehead atoms. The second-order valence-electron chi connectivity index (χ2n) is 19.6. The molecule has 0 aromatic carbocycles. The van der Waals surface area contributed by atoms with Gasteiger partial charge in [-0.05, 0) is 51.4 Å². The van der Waals surface area contributed by atoms with Crippen molar-refractivity contribution in [3.63, 3.8) is 0 Å². The van der Waals surface area contributed by atoms with Crippen LogP contribution in [0.1, 0.15) is 316 Å². The van der Waals surface area contributed by atoms with E-state index in [1.54, 1.807) is 0 Å². The third kappa shape index (κ3) is 52.7.